The first-order chi connectivity index (χ1) is 17.8. The number of ether oxygens (including phenoxy) is 1. The van der Waals surface area contributed by atoms with E-state index < -0.39 is 4.92 Å². The summed E-state index contributed by atoms with van der Waals surface area (Å²) in [7, 11) is 1.51. The molecule has 0 aliphatic carbocycles. The van der Waals surface area contributed by atoms with Crippen LogP contribution >= 0.6 is 0 Å². The molecule has 0 atom stereocenters. The van der Waals surface area contributed by atoms with Gasteiger partial charge in [0.1, 0.15) is 18.6 Å². The van der Waals surface area contributed by atoms with Gasteiger partial charge in [0.05, 0.1) is 25.9 Å². The molecule has 0 spiro atoms. The number of aliphatic hydroxyl groups excluding tert-OH is 1. The summed E-state index contributed by atoms with van der Waals surface area (Å²) in [5, 5.41) is 26.3. The second-order valence-corrected chi connectivity index (χ2v) is 8.44. The van der Waals surface area contributed by atoms with Gasteiger partial charge in [-0.15, -0.1) is 0 Å². The normalized spacial score (nSPS) is 12.9. The highest BCUT2D eigenvalue weighted by atomic mass is 16.6. The second-order valence-electron chi connectivity index (χ2n) is 8.44. The van der Waals surface area contributed by atoms with Gasteiger partial charge in [0.25, 0.3) is 11.8 Å². The van der Waals surface area contributed by atoms with Crippen molar-refractivity contribution in [3.63, 3.8) is 0 Å². The fraction of sp³-hybridized carbons (Fsp3) is 0.417. The lowest BCUT2D eigenvalue weighted by atomic mass is 10.2. The van der Waals surface area contributed by atoms with E-state index >= 15 is 0 Å². The Morgan fingerprint density at radius 3 is 2.57 bits per heavy atom. The molecule has 0 bridgehead atoms. The fourth-order valence-electron chi connectivity index (χ4n) is 3.71. The number of anilines is 1. The molecule has 3 N–H and O–H groups in total. The van der Waals surface area contributed by atoms with Gasteiger partial charge in [0.15, 0.2) is 5.69 Å². The summed E-state index contributed by atoms with van der Waals surface area (Å²) < 4.78 is 7.09. The SMILES string of the molecule is Cn1c(COc2ccc(CO)cc2NC(=O)CNCCCCCCN2C(=O)C=CC2=O)cnc1[N+](=O)[O-]. The van der Waals surface area contributed by atoms with Crippen LogP contribution in [0.1, 0.15) is 36.9 Å². The number of nitrogens with zero attached hydrogens (tertiary/aromatic N) is 4. The van der Waals surface area contributed by atoms with Crippen LogP contribution in [0.25, 0.3) is 0 Å². The number of imide groups is 1. The maximum atomic E-state index is 12.5. The van der Waals surface area contributed by atoms with Crippen LogP contribution in [-0.2, 0) is 34.6 Å². The lowest BCUT2D eigenvalue weighted by molar-refractivity contribution is -0.396. The molecule has 0 saturated heterocycles. The minimum absolute atomic E-state index is 0.00642. The van der Waals surface area contributed by atoms with Crippen molar-refractivity contribution in [1.29, 1.82) is 0 Å². The van der Waals surface area contributed by atoms with E-state index in [2.05, 4.69) is 15.6 Å². The van der Waals surface area contributed by atoms with Crippen molar-refractivity contribution in [2.45, 2.75) is 38.9 Å². The van der Waals surface area contributed by atoms with Gasteiger partial charge < -0.3 is 30.6 Å². The Morgan fingerprint density at radius 1 is 1.16 bits per heavy atom. The van der Waals surface area contributed by atoms with Crippen molar-refractivity contribution < 1.29 is 29.2 Å². The summed E-state index contributed by atoms with van der Waals surface area (Å²) in [6.07, 6.45) is 7.22. The number of carbonyl (C=O) groups excluding carboxylic acids is 3. The Bertz CT molecular complexity index is 1160. The molecule has 3 amide bonds. The van der Waals surface area contributed by atoms with Crippen LogP contribution in [0.3, 0.4) is 0 Å². The summed E-state index contributed by atoms with van der Waals surface area (Å²) >= 11 is 0. The van der Waals surface area contributed by atoms with Gasteiger partial charge >= 0.3 is 5.95 Å². The Hall–Kier alpha value is -4.10. The summed E-state index contributed by atoms with van der Waals surface area (Å²) in [4.78, 5) is 50.8. The molecule has 1 aromatic heterocycles. The number of benzene rings is 1. The zero-order valence-corrected chi connectivity index (χ0v) is 20.5. The van der Waals surface area contributed by atoms with Crippen molar-refractivity contribution in [1.82, 2.24) is 19.8 Å². The number of rotatable bonds is 15. The maximum Gasteiger partial charge on any atom is 0.434 e. The third kappa shape index (κ3) is 7.69. The predicted molar refractivity (Wildman–Crippen MR) is 132 cm³/mol. The number of unbranched alkanes of at least 4 members (excludes halogenated alkanes) is 3. The Labute approximate surface area is 213 Å². The number of nitro groups is 1. The molecule has 3 rings (SSSR count). The molecule has 198 valence electrons. The number of amides is 3. The van der Waals surface area contributed by atoms with E-state index in [4.69, 9.17) is 4.74 Å². The van der Waals surface area contributed by atoms with E-state index in [1.807, 2.05) is 0 Å². The second kappa shape index (κ2) is 13.3. The van der Waals surface area contributed by atoms with Crippen LogP contribution in [0.2, 0.25) is 0 Å². The summed E-state index contributed by atoms with van der Waals surface area (Å²) in [5.41, 5.74) is 1.43. The topological polar surface area (TPSA) is 169 Å². The van der Waals surface area contributed by atoms with Gasteiger partial charge in [-0.25, -0.2) is 4.57 Å². The van der Waals surface area contributed by atoms with Crippen molar-refractivity contribution >= 4 is 29.4 Å². The number of hydrogen-bond donors (Lipinski definition) is 3. The zero-order chi connectivity index (χ0) is 26.8. The van der Waals surface area contributed by atoms with E-state index in [0.29, 0.717) is 35.8 Å². The van der Waals surface area contributed by atoms with Crippen molar-refractivity contribution in [3.05, 3.63) is 57.9 Å². The van der Waals surface area contributed by atoms with Gasteiger partial charge in [-0.3, -0.25) is 19.3 Å². The van der Waals surface area contributed by atoms with Gasteiger partial charge in [-0.1, -0.05) is 23.9 Å². The van der Waals surface area contributed by atoms with E-state index in [0.717, 1.165) is 25.7 Å². The van der Waals surface area contributed by atoms with Crippen LogP contribution < -0.4 is 15.4 Å². The van der Waals surface area contributed by atoms with Gasteiger partial charge in [-0.05, 0) is 42.0 Å². The van der Waals surface area contributed by atoms with E-state index in [-0.39, 0.29) is 43.4 Å². The monoisotopic (exact) mass is 514 g/mol. The third-order valence-electron chi connectivity index (χ3n) is 5.77. The summed E-state index contributed by atoms with van der Waals surface area (Å²) in [6.45, 7) is 0.879. The lowest BCUT2D eigenvalue weighted by Crippen LogP contribution is -2.31. The average Bonchev–Trinajstić information content (AvgIpc) is 3.40. The van der Waals surface area contributed by atoms with Gasteiger partial charge in [0, 0.05) is 18.7 Å². The van der Waals surface area contributed by atoms with E-state index in [1.54, 1.807) is 18.2 Å². The first kappa shape index (κ1) is 27.5. The maximum absolute atomic E-state index is 12.5. The quantitative estimate of drug-likeness (QED) is 0.138. The Kier molecular flexibility index (Phi) is 9.86. The van der Waals surface area contributed by atoms with Gasteiger partial charge in [0.2, 0.25) is 5.91 Å². The first-order valence-electron chi connectivity index (χ1n) is 11.9. The largest absolute Gasteiger partial charge is 0.484 e. The molecule has 0 radical (unpaired) electrons. The molecule has 1 aliphatic rings. The molecule has 13 heteroatoms. The zero-order valence-electron chi connectivity index (χ0n) is 20.5. The van der Waals surface area contributed by atoms with Crippen molar-refractivity contribution in [2.75, 3.05) is 25.0 Å². The van der Waals surface area contributed by atoms with E-state index in [1.165, 1.54) is 34.9 Å². The molecular formula is C24H30N6O7. The Balaban J connectivity index is 1.40. The van der Waals surface area contributed by atoms with Crippen LogP contribution in [-0.4, -0.2) is 61.8 Å². The minimum Gasteiger partial charge on any atom is -0.484 e. The third-order valence-corrected chi connectivity index (χ3v) is 5.77. The minimum atomic E-state index is -0.588. The molecule has 37 heavy (non-hydrogen) atoms. The smallest absolute Gasteiger partial charge is 0.434 e. The lowest BCUT2D eigenvalue weighted by Gasteiger charge is -2.14. The highest BCUT2D eigenvalue weighted by molar-refractivity contribution is 6.12. The van der Waals surface area contributed by atoms with Crippen LogP contribution in [0.4, 0.5) is 11.6 Å². The molecule has 0 unspecified atom stereocenters. The molecule has 2 aromatic rings. The molecule has 2 heterocycles. The van der Waals surface area contributed by atoms with Crippen molar-refractivity contribution in [3.8, 4) is 5.75 Å². The molecular weight excluding hydrogens is 484 g/mol. The first-order valence-corrected chi connectivity index (χ1v) is 11.9. The average molecular weight is 515 g/mol. The summed E-state index contributed by atoms with van der Waals surface area (Å²) in [5.74, 6) is -0.786. The van der Waals surface area contributed by atoms with E-state index in [9.17, 15) is 29.6 Å². The molecule has 1 aromatic carbocycles. The predicted octanol–water partition coefficient (Wildman–Crippen LogP) is 1.41. The number of carbonyl (C=O) groups is 3. The molecule has 0 saturated carbocycles. The standard InChI is InChI=1S/C24H30N6O7/c1-28-18(13-26-24(28)30(35)36)16-37-20-7-6-17(15-31)12-19(20)27-21(32)14-25-10-4-2-3-5-11-29-22(33)8-9-23(29)34/h6-9,12-13,25,31H,2-5,10-11,14-16H2,1H3,(H,27,32). The highest BCUT2D eigenvalue weighted by Gasteiger charge is 2.22. The van der Waals surface area contributed by atoms with Crippen LogP contribution in [0.15, 0.2) is 36.5 Å². The summed E-state index contributed by atoms with van der Waals surface area (Å²) in [6, 6.07) is 4.87. The van der Waals surface area contributed by atoms with Crippen LogP contribution in [0.5, 0.6) is 5.75 Å². The fourth-order valence-corrected chi connectivity index (χ4v) is 3.71. The number of imidazole rings is 1. The Morgan fingerprint density at radius 2 is 1.89 bits per heavy atom. The molecule has 13 nitrogen and oxygen atoms in total. The number of aromatic nitrogens is 2. The molecule has 0 fully saturated rings. The van der Waals surface area contributed by atoms with Crippen molar-refractivity contribution in [2.24, 2.45) is 7.05 Å². The van der Waals surface area contributed by atoms with Gasteiger partial charge in [-0.2, -0.15) is 0 Å². The highest BCUT2D eigenvalue weighted by Crippen LogP contribution is 2.27. The molecule has 1 aliphatic heterocycles. The number of aliphatic hydroxyl groups is 1. The number of nitrogens with one attached hydrogen (secondary N) is 2. The number of hydrogen-bond acceptors (Lipinski definition) is 9. The van der Waals surface area contributed by atoms with Crippen LogP contribution in [0, 0.1) is 10.1 Å².